The van der Waals surface area contributed by atoms with Crippen molar-refractivity contribution in [2.75, 3.05) is 11.5 Å². The number of nitrogens with two attached hydrogens (primary N) is 2. The van der Waals surface area contributed by atoms with E-state index in [4.69, 9.17) is 22.0 Å². The van der Waals surface area contributed by atoms with E-state index in [1.807, 2.05) is 12.1 Å². The summed E-state index contributed by atoms with van der Waals surface area (Å²) in [6.45, 7) is 0. The second kappa shape index (κ2) is 7.14. The summed E-state index contributed by atoms with van der Waals surface area (Å²) in [4.78, 5) is 0. The zero-order valence-electron chi connectivity index (χ0n) is 5.77. The number of nitrogen functional groups attached to an aromatic ring is 2. The summed E-state index contributed by atoms with van der Waals surface area (Å²) >= 11 is 0. The molecule has 0 fully saturated rings. The lowest BCUT2D eigenvalue weighted by atomic mass is 10.3. The molecule has 0 aliphatic carbocycles. The third-order valence-corrected chi connectivity index (χ3v) is 0.996. The molecule has 0 saturated carbocycles. The zero-order valence-corrected chi connectivity index (χ0v) is 6.58. The maximum absolute atomic E-state index is 6.00. The number of benzene rings is 1. The highest BCUT2D eigenvalue weighted by Gasteiger charge is 1.85. The van der Waals surface area contributed by atoms with Crippen LogP contribution in [0.4, 0.5) is 11.4 Å². The Balaban J connectivity index is 0. The van der Waals surface area contributed by atoms with Gasteiger partial charge in [0.15, 0.2) is 0 Å². The Bertz CT molecular complexity index is 175. The fourth-order valence-corrected chi connectivity index (χ4v) is 0.511. The van der Waals surface area contributed by atoms with Gasteiger partial charge in [0.1, 0.15) is 0 Å². The van der Waals surface area contributed by atoms with Crippen molar-refractivity contribution in [1.82, 2.24) is 0 Å². The summed E-state index contributed by atoms with van der Waals surface area (Å²) in [7, 11) is 0. The Morgan fingerprint density at radius 3 is 1.36 bits per heavy atom. The molecule has 0 saturated heterocycles. The van der Waals surface area contributed by atoms with Crippen molar-refractivity contribution >= 4 is 23.8 Å². The lowest BCUT2D eigenvalue weighted by Crippen LogP contribution is -1.91. The summed E-state index contributed by atoms with van der Waals surface area (Å²) in [5, 5.41) is 12.0. The summed E-state index contributed by atoms with van der Waals surface area (Å²) in [6.07, 6.45) is 0. The first-order valence-electron chi connectivity index (χ1n) is 2.60. The van der Waals surface area contributed by atoms with Crippen molar-refractivity contribution in [3.8, 4) is 0 Å². The van der Waals surface area contributed by atoms with E-state index in [0.29, 0.717) is 11.4 Å². The second-order valence-corrected chi connectivity index (χ2v) is 1.63. The van der Waals surface area contributed by atoms with Gasteiger partial charge < -0.3 is 11.5 Å². The van der Waals surface area contributed by atoms with E-state index < -0.39 is 0 Å². The van der Waals surface area contributed by atoms with Gasteiger partial charge in [0.25, 0.3) is 0 Å². The molecule has 0 radical (unpaired) electrons. The Hall–Kier alpha value is -0.970. The minimum atomic E-state index is 0. The summed E-state index contributed by atoms with van der Waals surface area (Å²) in [5.74, 6) is 0. The third kappa shape index (κ3) is 4.44. The first-order chi connectivity index (χ1) is 4.80. The van der Waals surface area contributed by atoms with Crippen LogP contribution in [-0.2, 0) is 0 Å². The molecular weight excluding hydrogens is 168 g/mol. The molecule has 0 unspecified atom stereocenters. The Morgan fingerprint density at radius 2 is 1.18 bits per heavy atom. The SMILES string of the molecule is Cl.Nc1ccccc1N.OO. The van der Waals surface area contributed by atoms with Crippen LogP contribution in [0.5, 0.6) is 0 Å². The molecule has 1 aromatic carbocycles. The molecular formula is C6H11ClN2O2. The van der Waals surface area contributed by atoms with Gasteiger partial charge in [-0.25, -0.2) is 0 Å². The average Bonchev–Trinajstić information content (AvgIpc) is 2.00. The molecule has 0 spiro atoms. The van der Waals surface area contributed by atoms with Crippen molar-refractivity contribution in [3.05, 3.63) is 24.3 Å². The minimum Gasteiger partial charge on any atom is -0.397 e. The first-order valence-corrected chi connectivity index (χ1v) is 2.60. The molecule has 0 aliphatic heterocycles. The van der Waals surface area contributed by atoms with Crippen LogP contribution in [0.2, 0.25) is 0 Å². The van der Waals surface area contributed by atoms with Crippen molar-refractivity contribution < 1.29 is 10.5 Å². The fourth-order valence-electron chi connectivity index (χ4n) is 0.511. The lowest BCUT2D eigenvalue weighted by molar-refractivity contribution is -0.176. The number of halogens is 1. The molecule has 11 heavy (non-hydrogen) atoms. The molecule has 6 N–H and O–H groups in total. The van der Waals surface area contributed by atoms with Crippen LogP contribution in [0.25, 0.3) is 0 Å². The zero-order chi connectivity index (χ0) is 7.98. The highest BCUT2D eigenvalue weighted by Crippen LogP contribution is 2.10. The molecule has 0 atom stereocenters. The predicted octanol–water partition coefficient (Wildman–Crippen LogP) is 1.29. The van der Waals surface area contributed by atoms with Crippen molar-refractivity contribution in [2.45, 2.75) is 0 Å². The van der Waals surface area contributed by atoms with Gasteiger partial charge in [0, 0.05) is 0 Å². The van der Waals surface area contributed by atoms with Crippen LogP contribution < -0.4 is 11.5 Å². The van der Waals surface area contributed by atoms with E-state index in [2.05, 4.69) is 0 Å². The van der Waals surface area contributed by atoms with E-state index in [-0.39, 0.29) is 12.4 Å². The van der Waals surface area contributed by atoms with E-state index in [0.717, 1.165) is 0 Å². The third-order valence-electron chi connectivity index (χ3n) is 0.996. The molecule has 1 rings (SSSR count). The summed E-state index contributed by atoms with van der Waals surface area (Å²) in [6, 6.07) is 7.25. The molecule has 5 heteroatoms. The minimum absolute atomic E-state index is 0. The molecule has 0 aromatic heterocycles. The van der Waals surface area contributed by atoms with E-state index >= 15 is 0 Å². The van der Waals surface area contributed by atoms with Crippen LogP contribution in [0, 0.1) is 0 Å². The van der Waals surface area contributed by atoms with Crippen LogP contribution in [0.15, 0.2) is 24.3 Å². The maximum Gasteiger partial charge on any atom is 0.0547 e. The number of rotatable bonds is 0. The van der Waals surface area contributed by atoms with Crippen LogP contribution in [-0.4, -0.2) is 10.5 Å². The summed E-state index contributed by atoms with van der Waals surface area (Å²) in [5.41, 5.74) is 12.1. The largest absolute Gasteiger partial charge is 0.397 e. The van der Waals surface area contributed by atoms with Gasteiger partial charge in [-0.2, -0.15) is 0 Å². The Morgan fingerprint density at radius 1 is 0.909 bits per heavy atom. The van der Waals surface area contributed by atoms with E-state index in [9.17, 15) is 0 Å². The Labute approximate surface area is 70.8 Å². The van der Waals surface area contributed by atoms with Gasteiger partial charge in [-0.3, -0.25) is 10.5 Å². The quantitative estimate of drug-likeness (QED) is 0.274. The monoisotopic (exact) mass is 178 g/mol. The van der Waals surface area contributed by atoms with E-state index in [1.165, 1.54) is 0 Å². The lowest BCUT2D eigenvalue weighted by Gasteiger charge is -1.94. The molecule has 4 nitrogen and oxygen atoms in total. The Kier molecular flexibility index (Phi) is 8.23. The van der Waals surface area contributed by atoms with Gasteiger partial charge in [-0.05, 0) is 12.1 Å². The van der Waals surface area contributed by atoms with Gasteiger partial charge in [-0.1, -0.05) is 12.1 Å². The smallest absolute Gasteiger partial charge is 0.0547 e. The van der Waals surface area contributed by atoms with Gasteiger partial charge in [0.2, 0.25) is 0 Å². The number of para-hydroxylation sites is 2. The molecule has 0 bridgehead atoms. The van der Waals surface area contributed by atoms with Crippen molar-refractivity contribution in [1.29, 1.82) is 0 Å². The topological polar surface area (TPSA) is 92.5 Å². The normalized spacial score (nSPS) is 7.09. The van der Waals surface area contributed by atoms with Crippen LogP contribution in [0.3, 0.4) is 0 Å². The van der Waals surface area contributed by atoms with Gasteiger partial charge >= 0.3 is 0 Å². The standard InChI is InChI=1S/C6H8N2.ClH.H2O2/c7-5-3-1-2-4-6(5)8;;1-2/h1-4H,7-8H2;1H;1-2H. The number of hydrogen-bond acceptors (Lipinski definition) is 4. The maximum atomic E-state index is 6.00. The molecule has 64 valence electrons. The van der Waals surface area contributed by atoms with E-state index in [1.54, 1.807) is 12.1 Å². The molecule has 0 aliphatic rings. The first kappa shape index (κ1) is 12.7. The molecule has 0 amide bonds. The second-order valence-electron chi connectivity index (χ2n) is 1.63. The predicted molar refractivity (Wildman–Crippen MR) is 47.8 cm³/mol. The number of hydrogen-bond donors (Lipinski definition) is 4. The van der Waals surface area contributed by atoms with Crippen LogP contribution in [0.1, 0.15) is 0 Å². The van der Waals surface area contributed by atoms with Crippen molar-refractivity contribution in [2.24, 2.45) is 0 Å². The number of anilines is 2. The molecule has 1 aromatic rings. The van der Waals surface area contributed by atoms with Crippen LogP contribution >= 0.6 is 12.4 Å². The van der Waals surface area contributed by atoms with Gasteiger partial charge in [-0.15, -0.1) is 12.4 Å². The molecule has 0 heterocycles. The van der Waals surface area contributed by atoms with Gasteiger partial charge in [0.05, 0.1) is 11.4 Å². The average molecular weight is 179 g/mol. The van der Waals surface area contributed by atoms with Crippen molar-refractivity contribution in [3.63, 3.8) is 0 Å². The highest BCUT2D eigenvalue weighted by atomic mass is 35.5. The fraction of sp³-hybridized carbons (Fsp3) is 0. The highest BCUT2D eigenvalue weighted by molar-refractivity contribution is 5.85. The summed E-state index contributed by atoms with van der Waals surface area (Å²) < 4.78 is 0.